The first-order valence-electron chi connectivity index (χ1n) is 9.00. The first-order valence-corrected chi connectivity index (χ1v) is 9.00. The van der Waals surface area contributed by atoms with E-state index in [4.69, 9.17) is 4.74 Å². The van der Waals surface area contributed by atoms with Gasteiger partial charge in [-0.3, -0.25) is 9.69 Å². The minimum absolute atomic E-state index is 0.0413. The van der Waals surface area contributed by atoms with Crippen LogP contribution in [0.25, 0.3) is 0 Å². The van der Waals surface area contributed by atoms with Crippen LogP contribution in [0.3, 0.4) is 0 Å². The molecular weight excluding hydrogens is 344 g/mol. The van der Waals surface area contributed by atoms with E-state index in [1.165, 1.54) is 12.0 Å². The summed E-state index contributed by atoms with van der Waals surface area (Å²) in [7, 11) is 1.47. The number of benzene rings is 2. The summed E-state index contributed by atoms with van der Waals surface area (Å²) in [5, 5.41) is 10.1. The summed E-state index contributed by atoms with van der Waals surface area (Å²) in [6, 6.07) is 12.2. The second kappa shape index (κ2) is 6.01. The van der Waals surface area contributed by atoms with Crippen LogP contribution in [0.1, 0.15) is 36.6 Å². The molecule has 3 amide bonds. The lowest BCUT2D eigenvalue weighted by atomic mass is 9.82. The number of phenols is 1. The maximum absolute atomic E-state index is 13.5. The van der Waals surface area contributed by atoms with Crippen LogP contribution < -0.4 is 4.74 Å². The molecule has 4 rings (SSSR count). The van der Waals surface area contributed by atoms with Crippen LogP contribution in [-0.2, 0) is 16.8 Å². The summed E-state index contributed by atoms with van der Waals surface area (Å²) in [6.45, 7) is 4.07. The molecule has 140 valence electrons. The zero-order chi connectivity index (χ0) is 19.3. The molecule has 2 atom stereocenters. The van der Waals surface area contributed by atoms with E-state index in [1.807, 2.05) is 37.3 Å². The van der Waals surface area contributed by atoms with Gasteiger partial charge in [-0.25, -0.2) is 4.79 Å². The number of urea groups is 1. The molecule has 0 aliphatic carbocycles. The molecule has 0 radical (unpaired) electrons. The van der Waals surface area contributed by atoms with Crippen LogP contribution in [0, 0.1) is 0 Å². The molecule has 0 unspecified atom stereocenters. The zero-order valence-corrected chi connectivity index (χ0v) is 15.6. The third-order valence-corrected chi connectivity index (χ3v) is 5.82. The van der Waals surface area contributed by atoms with Crippen molar-refractivity contribution in [2.24, 2.45) is 0 Å². The highest BCUT2D eigenvalue weighted by Gasteiger charge is 2.58. The van der Waals surface area contributed by atoms with E-state index < -0.39 is 5.54 Å². The summed E-state index contributed by atoms with van der Waals surface area (Å²) in [4.78, 5) is 29.6. The number of phenolic OH excluding ortho intramolecular Hbond substituents is 1. The second-order valence-corrected chi connectivity index (χ2v) is 7.20. The highest BCUT2D eigenvalue weighted by atomic mass is 16.5. The van der Waals surface area contributed by atoms with Crippen molar-refractivity contribution in [2.45, 2.75) is 31.8 Å². The molecule has 0 aromatic heterocycles. The van der Waals surface area contributed by atoms with Gasteiger partial charge in [-0.05, 0) is 49.1 Å². The molecule has 2 aromatic rings. The van der Waals surface area contributed by atoms with E-state index in [-0.39, 0.29) is 23.7 Å². The lowest BCUT2D eigenvalue weighted by molar-refractivity contribution is -0.134. The minimum Gasteiger partial charge on any atom is -0.504 e. The van der Waals surface area contributed by atoms with Gasteiger partial charge < -0.3 is 14.7 Å². The number of fused-ring (bicyclic) bond motifs is 3. The topological polar surface area (TPSA) is 70.1 Å². The van der Waals surface area contributed by atoms with E-state index in [1.54, 1.807) is 24.0 Å². The Morgan fingerprint density at radius 1 is 1.19 bits per heavy atom. The van der Waals surface area contributed by atoms with E-state index in [2.05, 4.69) is 0 Å². The fourth-order valence-electron chi connectivity index (χ4n) is 4.23. The van der Waals surface area contributed by atoms with Gasteiger partial charge in [-0.15, -0.1) is 0 Å². The molecule has 2 heterocycles. The van der Waals surface area contributed by atoms with Gasteiger partial charge in [-0.2, -0.15) is 0 Å². The van der Waals surface area contributed by atoms with E-state index in [0.717, 1.165) is 11.1 Å². The molecule has 0 saturated carbocycles. The Bertz CT molecular complexity index is 927. The fraction of sp³-hybridized carbons (Fsp3) is 0.333. The summed E-state index contributed by atoms with van der Waals surface area (Å²) in [6.07, 6.45) is 0.578. The lowest BCUT2D eigenvalue weighted by Gasteiger charge is -2.38. The smallest absolute Gasteiger partial charge is 0.328 e. The molecule has 2 aliphatic rings. The van der Waals surface area contributed by atoms with Gasteiger partial charge in [0.05, 0.1) is 13.2 Å². The Balaban J connectivity index is 1.81. The van der Waals surface area contributed by atoms with Crippen LogP contribution in [-0.4, -0.2) is 40.5 Å². The van der Waals surface area contributed by atoms with Crippen LogP contribution in [0.15, 0.2) is 42.5 Å². The number of carbonyl (C=O) groups is 2. The summed E-state index contributed by atoms with van der Waals surface area (Å²) in [5.74, 6) is 0.0868. The number of rotatable bonds is 3. The van der Waals surface area contributed by atoms with Gasteiger partial charge in [0.1, 0.15) is 5.54 Å². The van der Waals surface area contributed by atoms with Crippen LogP contribution in [0.2, 0.25) is 0 Å². The van der Waals surface area contributed by atoms with Crippen LogP contribution in [0.4, 0.5) is 4.79 Å². The van der Waals surface area contributed by atoms with E-state index in [9.17, 15) is 14.7 Å². The van der Waals surface area contributed by atoms with Crippen molar-refractivity contribution in [3.05, 3.63) is 59.2 Å². The number of hydrogen-bond acceptors (Lipinski definition) is 4. The Kier molecular flexibility index (Phi) is 3.87. The number of aromatic hydroxyl groups is 1. The molecule has 2 aromatic carbocycles. The number of carbonyl (C=O) groups excluding carboxylic acids is 2. The number of ether oxygens (including phenoxy) is 1. The first kappa shape index (κ1) is 17.4. The third kappa shape index (κ3) is 2.32. The third-order valence-electron chi connectivity index (χ3n) is 5.82. The molecule has 1 N–H and O–H groups in total. The van der Waals surface area contributed by atoms with Crippen LogP contribution >= 0.6 is 0 Å². The minimum atomic E-state index is -1.10. The predicted octanol–water partition coefficient (Wildman–Crippen LogP) is 3.20. The second-order valence-electron chi connectivity index (χ2n) is 7.20. The largest absolute Gasteiger partial charge is 0.504 e. The zero-order valence-electron chi connectivity index (χ0n) is 15.6. The number of nitrogens with zero attached hydrogens (tertiary/aromatic N) is 2. The average Bonchev–Trinajstić information content (AvgIpc) is 2.87. The Morgan fingerprint density at radius 3 is 2.56 bits per heavy atom. The average molecular weight is 366 g/mol. The quantitative estimate of drug-likeness (QED) is 0.847. The van der Waals surface area contributed by atoms with E-state index in [0.29, 0.717) is 24.3 Å². The van der Waals surface area contributed by atoms with Crippen molar-refractivity contribution in [3.63, 3.8) is 0 Å². The van der Waals surface area contributed by atoms with Gasteiger partial charge in [0.15, 0.2) is 11.5 Å². The van der Waals surface area contributed by atoms with Gasteiger partial charge in [0.2, 0.25) is 0 Å². The SMILES string of the molecule is COc1cc2c(cc1O)CCN1C(=O)N([C@H](C)c3ccccc3)C(=O)[C@@]21C. The Labute approximate surface area is 158 Å². The molecule has 6 heteroatoms. The standard InChI is InChI=1S/C21H22N2O4/c1-13(14-7-5-4-6-8-14)23-19(25)21(2)16-12-18(27-3)17(24)11-15(16)9-10-22(21)20(23)26/h4-8,11-13,24H,9-10H2,1-3H3/t13-,21-/m1/s1. The summed E-state index contributed by atoms with van der Waals surface area (Å²) >= 11 is 0. The maximum Gasteiger partial charge on any atom is 0.328 e. The number of hydrogen-bond donors (Lipinski definition) is 1. The highest BCUT2D eigenvalue weighted by molar-refractivity contribution is 6.08. The monoisotopic (exact) mass is 366 g/mol. The summed E-state index contributed by atoms with van der Waals surface area (Å²) in [5.41, 5.74) is 1.38. The summed E-state index contributed by atoms with van der Waals surface area (Å²) < 4.78 is 5.23. The molecule has 2 aliphatic heterocycles. The van der Waals surface area contributed by atoms with Gasteiger partial charge >= 0.3 is 6.03 Å². The van der Waals surface area contributed by atoms with Gasteiger partial charge in [-0.1, -0.05) is 30.3 Å². The number of methoxy groups -OCH3 is 1. The Hall–Kier alpha value is -3.02. The van der Waals surface area contributed by atoms with Crippen molar-refractivity contribution in [1.82, 2.24) is 9.80 Å². The first-order chi connectivity index (χ1) is 12.9. The fourth-order valence-corrected chi connectivity index (χ4v) is 4.23. The molecule has 6 nitrogen and oxygen atoms in total. The molecule has 1 fully saturated rings. The van der Waals surface area contributed by atoms with Crippen LogP contribution in [0.5, 0.6) is 11.5 Å². The van der Waals surface area contributed by atoms with Crippen molar-refractivity contribution >= 4 is 11.9 Å². The predicted molar refractivity (Wildman–Crippen MR) is 99.5 cm³/mol. The highest BCUT2D eigenvalue weighted by Crippen LogP contribution is 2.47. The van der Waals surface area contributed by atoms with E-state index >= 15 is 0 Å². The molecule has 0 bridgehead atoms. The molecule has 0 spiro atoms. The van der Waals surface area contributed by atoms with Crippen molar-refractivity contribution in [3.8, 4) is 11.5 Å². The molecular formula is C21H22N2O4. The van der Waals surface area contributed by atoms with Crippen molar-refractivity contribution < 1.29 is 19.4 Å². The number of imide groups is 1. The molecule has 1 saturated heterocycles. The van der Waals surface area contributed by atoms with Gasteiger partial charge in [0.25, 0.3) is 5.91 Å². The number of amides is 3. The van der Waals surface area contributed by atoms with Crippen molar-refractivity contribution in [2.75, 3.05) is 13.7 Å². The lowest BCUT2D eigenvalue weighted by Crippen LogP contribution is -2.48. The van der Waals surface area contributed by atoms with Gasteiger partial charge in [0, 0.05) is 6.54 Å². The normalized spacial score (nSPS) is 22.5. The van der Waals surface area contributed by atoms with Crippen molar-refractivity contribution in [1.29, 1.82) is 0 Å². The molecule has 27 heavy (non-hydrogen) atoms. The maximum atomic E-state index is 13.5. The Morgan fingerprint density at radius 2 is 1.89 bits per heavy atom.